The lowest BCUT2D eigenvalue weighted by atomic mass is 9.80. The van der Waals surface area contributed by atoms with Crippen LogP contribution >= 0.6 is 0 Å². The average Bonchev–Trinajstić information content (AvgIpc) is 2.98. The van der Waals surface area contributed by atoms with Gasteiger partial charge in [-0.2, -0.15) is 0 Å². The van der Waals surface area contributed by atoms with Crippen molar-refractivity contribution in [3.8, 4) is 5.75 Å². The highest BCUT2D eigenvalue weighted by molar-refractivity contribution is 5.92. The van der Waals surface area contributed by atoms with E-state index >= 15 is 0 Å². The highest BCUT2D eigenvalue weighted by Crippen LogP contribution is 2.32. The Labute approximate surface area is 256 Å². The molecule has 6 heteroatoms. The topological polar surface area (TPSA) is 76.7 Å². The van der Waals surface area contributed by atoms with Crippen LogP contribution < -0.4 is 15.4 Å². The van der Waals surface area contributed by atoms with E-state index in [9.17, 15) is 9.59 Å². The molecule has 0 unspecified atom stereocenters. The summed E-state index contributed by atoms with van der Waals surface area (Å²) in [6.45, 7) is 20.6. The SMILES string of the molecule is CC.CCC1CCC(C(=O)Nc2ccc(C)c(OC)c2)CC1.CCc1c(C)cc(NC(C)(C)C(C)(C)OC)cc1C=O. The molecule has 0 radical (unpaired) electrons. The van der Waals surface area contributed by atoms with Crippen molar-refractivity contribution in [2.24, 2.45) is 11.8 Å². The Morgan fingerprint density at radius 3 is 2.05 bits per heavy atom. The Kier molecular flexibility index (Phi) is 15.3. The first-order chi connectivity index (χ1) is 19.8. The van der Waals surface area contributed by atoms with Crippen LogP contribution in [0.4, 0.5) is 11.4 Å². The fourth-order valence-electron chi connectivity index (χ4n) is 5.25. The Morgan fingerprint density at radius 2 is 1.55 bits per heavy atom. The van der Waals surface area contributed by atoms with E-state index in [1.165, 1.54) is 19.3 Å². The van der Waals surface area contributed by atoms with Gasteiger partial charge in [0.15, 0.2) is 0 Å². The summed E-state index contributed by atoms with van der Waals surface area (Å²) in [7, 11) is 3.37. The summed E-state index contributed by atoms with van der Waals surface area (Å²) in [5.74, 6) is 1.96. The molecular weight excluding hydrogens is 524 g/mol. The summed E-state index contributed by atoms with van der Waals surface area (Å²) >= 11 is 0. The van der Waals surface area contributed by atoms with E-state index in [0.29, 0.717) is 0 Å². The molecule has 0 aliphatic heterocycles. The average molecular weight is 583 g/mol. The standard InChI is InChI=1S/C17H25NO2.C17H27NO2.C2H6/c1-4-13-6-8-14(9-7-13)17(19)18-15-10-5-12(2)16(11-15)20-3;1-8-15-12(2)9-14(10-13(15)11-19)18-16(3,4)17(5,6)20-7;1-2/h5,10-11,13-14H,4,6-9H2,1-3H3,(H,18,19);9-11,18H,8H2,1-7H3;1-2H3. The molecule has 0 heterocycles. The largest absolute Gasteiger partial charge is 0.496 e. The zero-order chi connectivity index (χ0) is 32.1. The van der Waals surface area contributed by atoms with E-state index in [2.05, 4.69) is 44.4 Å². The summed E-state index contributed by atoms with van der Waals surface area (Å²) < 4.78 is 10.9. The van der Waals surface area contributed by atoms with Gasteiger partial charge in [0.1, 0.15) is 12.0 Å². The van der Waals surface area contributed by atoms with Gasteiger partial charge < -0.3 is 20.1 Å². The molecule has 1 aliphatic carbocycles. The number of methoxy groups -OCH3 is 2. The number of amides is 1. The van der Waals surface area contributed by atoms with Gasteiger partial charge in [-0.1, -0.05) is 40.2 Å². The number of ether oxygens (including phenoxy) is 2. The zero-order valence-corrected chi connectivity index (χ0v) is 28.5. The van der Waals surface area contributed by atoms with E-state index < -0.39 is 0 Å². The minimum atomic E-state index is -0.328. The Balaban J connectivity index is 0.000000397. The number of hydrogen-bond acceptors (Lipinski definition) is 5. The summed E-state index contributed by atoms with van der Waals surface area (Å²) in [4.78, 5) is 23.6. The van der Waals surface area contributed by atoms with Crippen LogP contribution in [0.5, 0.6) is 5.75 Å². The van der Waals surface area contributed by atoms with Crippen molar-refractivity contribution < 1.29 is 19.1 Å². The van der Waals surface area contributed by atoms with Crippen molar-refractivity contribution in [1.82, 2.24) is 0 Å². The molecule has 3 rings (SSSR count). The minimum Gasteiger partial charge on any atom is -0.496 e. The number of anilines is 2. The number of hydrogen-bond donors (Lipinski definition) is 2. The maximum atomic E-state index is 12.3. The van der Waals surface area contributed by atoms with Gasteiger partial charge >= 0.3 is 0 Å². The molecule has 0 spiro atoms. The number of rotatable bonds is 10. The second-order valence-corrected chi connectivity index (χ2v) is 12.1. The van der Waals surface area contributed by atoms with E-state index in [1.807, 2.05) is 65.8 Å². The van der Waals surface area contributed by atoms with E-state index in [4.69, 9.17) is 9.47 Å². The predicted molar refractivity (Wildman–Crippen MR) is 178 cm³/mol. The second-order valence-electron chi connectivity index (χ2n) is 12.1. The monoisotopic (exact) mass is 582 g/mol. The number of aryl methyl sites for hydroxylation is 2. The number of benzene rings is 2. The lowest BCUT2D eigenvalue weighted by molar-refractivity contribution is -0.121. The van der Waals surface area contributed by atoms with Crippen molar-refractivity contribution in [1.29, 1.82) is 0 Å². The maximum absolute atomic E-state index is 12.3. The smallest absolute Gasteiger partial charge is 0.227 e. The molecule has 42 heavy (non-hydrogen) atoms. The number of aldehydes is 1. The molecule has 2 aromatic rings. The summed E-state index contributed by atoms with van der Waals surface area (Å²) in [6, 6.07) is 9.83. The molecule has 0 atom stereocenters. The first kappa shape index (κ1) is 37.2. The van der Waals surface area contributed by atoms with Crippen LogP contribution in [-0.2, 0) is 16.0 Å². The molecule has 2 N–H and O–H groups in total. The first-order valence-electron chi connectivity index (χ1n) is 15.7. The third-order valence-electron chi connectivity index (χ3n) is 8.93. The lowest BCUT2D eigenvalue weighted by Crippen LogP contribution is -2.52. The molecule has 1 fully saturated rings. The van der Waals surface area contributed by atoms with Crippen molar-refractivity contribution in [3.05, 3.63) is 52.6 Å². The Hall–Kier alpha value is -2.86. The normalized spacial score (nSPS) is 16.7. The van der Waals surface area contributed by atoms with Gasteiger partial charge in [0.2, 0.25) is 5.91 Å². The van der Waals surface area contributed by atoms with Crippen LogP contribution in [-0.4, -0.2) is 37.6 Å². The molecule has 0 saturated heterocycles. The molecule has 2 aromatic carbocycles. The van der Waals surface area contributed by atoms with Crippen LogP contribution in [0.15, 0.2) is 30.3 Å². The van der Waals surface area contributed by atoms with Gasteiger partial charge in [-0.15, -0.1) is 0 Å². The van der Waals surface area contributed by atoms with Crippen LogP contribution in [0.1, 0.15) is 115 Å². The highest BCUT2D eigenvalue weighted by atomic mass is 16.5. The Morgan fingerprint density at radius 1 is 0.929 bits per heavy atom. The number of nitrogens with one attached hydrogen (secondary N) is 2. The predicted octanol–water partition coefficient (Wildman–Crippen LogP) is 9.17. The highest BCUT2D eigenvalue weighted by Gasteiger charge is 2.37. The van der Waals surface area contributed by atoms with Crippen LogP contribution in [0, 0.1) is 25.7 Å². The van der Waals surface area contributed by atoms with E-state index in [1.54, 1.807) is 14.2 Å². The lowest BCUT2D eigenvalue weighted by Gasteiger charge is -2.42. The summed E-state index contributed by atoms with van der Waals surface area (Å²) in [6.07, 6.45) is 7.46. The first-order valence-corrected chi connectivity index (χ1v) is 15.7. The molecule has 6 nitrogen and oxygen atoms in total. The zero-order valence-electron chi connectivity index (χ0n) is 28.5. The van der Waals surface area contributed by atoms with Gasteiger partial charge in [0, 0.05) is 36.0 Å². The molecule has 1 aliphatic rings. The van der Waals surface area contributed by atoms with Gasteiger partial charge in [0.05, 0.1) is 18.2 Å². The van der Waals surface area contributed by atoms with Crippen LogP contribution in [0.3, 0.4) is 0 Å². The second kappa shape index (κ2) is 17.3. The third-order valence-corrected chi connectivity index (χ3v) is 8.93. The molecule has 1 saturated carbocycles. The van der Waals surface area contributed by atoms with E-state index in [-0.39, 0.29) is 23.0 Å². The number of carbonyl (C=O) groups is 2. The van der Waals surface area contributed by atoms with Gasteiger partial charge in [-0.3, -0.25) is 9.59 Å². The molecule has 0 bridgehead atoms. The van der Waals surface area contributed by atoms with Gasteiger partial charge in [-0.25, -0.2) is 0 Å². The minimum absolute atomic E-state index is 0.158. The molecule has 236 valence electrons. The Bertz CT molecular complexity index is 1130. The van der Waals surface area contributed by atoms with Crippen molar-refractivity contribution >= 4 is 23.6 Å². The number of carbonyl (C=O) groups excluding carboxylic acids is 2. The fourth-order valence-corrected chi connectivity index (χ4v) is 5.25. The quantitative estimate of drug-likeness (QED) is 0.273. The van der Waals surface area contributed by atoms with E-state index in [0.717, 1.165) is 70.8 Å². The summed E-state index contributed by atoms with van der Waals surface area (Å²) in [5, 5.41) is 6.52. The van der Waals surface area contributed by atoms with Crippen molar-refractivity contribution in [3.63, 3.8) is 0 Å². The maximum Gasteiger partial charge on any atom is 0.227 e. The molecule has 0 aromatic heterocycles. The van der Waals surface area contributed by atoms with Crippen LogP contribution in [0.25, 0.3) is 0 Å². The molecular formula is C36H58N2O4. The fraction of sp³-hybridized carbons (Fsp3) is 0.611. The van der Waals surface area contributed by atoms with Crippen molar-refractivity contribution in [2.75, 3.05) is 24.9 Å². The van der Waals surface area contributed by atoms with Gasteiger partial charge in [0.25, 0.3) is 0 Å². The summed E-state index contributed by atoms with van der Waals surface area (Å²) in [5.41, 5.74) is 5.30. The van der Waals surface area contributed by atoms with Crippen molar-refractivity contribution in [2.45, 2.75) is 119 Å². The molecule has 1 amide bonds. The van der Waals surface area contributed by atoms with Crippen LogP contribution in [0.2, 0.25) is 0 Å². The van der Waals surface area contributed by atoms with Gasteiger partial charge in [-0.05, 0) is 114 Å². The third kappa shape index (κ3) is 10.1.